The number of nitrogens with one attached hydrogen (secondary N) is 1. The summed E-state index contributed by atoms with van der Waals surface area (Å²) in [4.78, 5) is 4.17. The summed E-state index contributed by atoms with van der Waals surface area (Å²) in [5.41, 5.74) is 7.59. The first-order chi connectivity index (χ1) is 9.61. The van der Waals surface area contributed by atoms with Gasteiger partial charge in [0.05, 0.1) is 0 Å². The Bertz CT molecular complexity index is 770. The maximum Gasteiger partial charge on any atom is 0.295 e. The summed E-state index contributed by atoms with van der Waals surface area (Å²) >= 11 is 0. The third kappa shape index (κ3) is 2.40. The van der Waals surface area contributed by atoms with E-state index >= 15 is 0 Å². The van der Waals surface area contributed by atoms with Gasteiger partial charge in [-0.15, -0.1) is 0 Å². The molecule has 3 N–H and O–H groups in total. The van der Waals surface area contributed by atoms with Gasteiger partial charge in [0, 0.05) is 17.8 Å². The van der Waals surface area contributed by atoms with Crippen LogP contribution in [0.4, 0.5) is 20.5 Å². The molecule has 0 aliphatic carbocycles. The maximum atomic E-state index is 13.5. The Morgan fingerprint density at radius 2 is 2.00 bits per heavy atom. The van der Waals surface area contributed by atoms with Crippen LogP contribution in [0.2, 0.25) is 0 Å². The molecule has 4 nitrogen and oxygen atoms in total. The Hall–Kier alpha value is -2.63. The van der Waals surface area contributed by atoms with Crippen molar-refractivity contribution in [3.8, 4) is 0 Å². The molecule has 0 radical (unpaired) electrons. The lowest BCUT2D eigenvalue weighted by atomic mass is 10.2. The minimum atomic E-state index is -0.492. The highest BCUT2D eigenvalue weighted by molar-refractivity contribution is 5.78. The van der Waals surface area contributed by atoms with Crippen LogP contribution in [0.15, 0.2) is 40.8 Å². The third-order valence-electron chi connectivity index (χ3n) is 2.85. The van der Waals surface area contributed by atoms with Crippen molar-refractivity contribution < 1.29 is 13.2 Å². The van der Waals surface area contributed by atoms with Gasteiger partial charge in [-0.05, 0) is 36.4 Å². The van der Waals surface area contributed by atoms with E-state index in [1.165, 1.54) is 0 Å². The molecule has 3 aromatic rings. The highest BCUT2D eigenvalue weighted by Gasteiger charge is 2.08. The van der Waals surface area contributed by atoms with E-state index < -0.39 is 11.6 Å². The molecule has 6 heteroatoms. The van der Waals surface area contributed by atoms with Gasteiger partial charge in [-0.25, -0.2) is 8.78 Å². The van der Waals surface area contributed by atoms with Crippen molar-refractivity contribution in [2.75, 3.05) is 11.1 Å². The molecule has 0 aliphatic heterocycles. The van der Waals surface area contributed by atoms with Gasteiger partial charge in [-0.3, -0.25) is 0 Å². The molecule has 0 spiro atoms. The predicted octanol–water partition coefficient (Wildman–Crippen LogP) is 3.30. The van der Waals surface area contributed by atoms with E-state index in [1.54, 1.807) is 18.2 Å². The number of anilines is 2. The van der Waals surface area contributed by atoms with Gasteiger partial charge in [0.15, 0.2) is 5.58 Å². The molecule has 0 amide bonds. The van der Waals surface area contributed by atoms with Crippen molar-refractivity contribution in [3.05, 3.63) is 53.6 Å². The average molecular weight is 275 g/mol. The number of hydrogen-bond acceptors (Lipinski definition) is 4. The van der Waals surface area contributed by atoms with Crippen molar-refractivity contribution in [2.45, 2.75) is 6.54 Å². The highest BCUT2D eigenvalue weighted by atomic mass is 19.1. The minimum absolute atomic E-state index is 0.0753. The zero-order valence-electron chi connectivity index (χ0n) is 10.4. The van der Waals surface area contributed by atoms with Gasteiger partial charge in [0.2, 0.25) is 0 Å². The van der Waals surface area contributed by atoms with E-state index in [1.807, 2.05) is 0 Å². The van der Waals surface area contributed by atoms with Crippen LogP contribution in [0, 0.1) is 11.6 Å². The Morgan fingerprint density at radius 1 is 1.15 bits per heavy atom. The number of hydrogen-bond donors (Lipinski definition) is 2. The van der Waals surface area contributed by atoms with Crippen molar-refractivity contribution in [1.82, 2.24) is 4.98 Å². The number of benzene rings is 2. The summed E-state index contributed by atoms with van der Waals surface area (Å²) in [6, 6.07) is 8.58. The van der Waals surface area contributed by atoms with Crippen LogP contribution >= 0.6 is 0 Å². The lowest BCUT2D eigenvalue weighted by molar-refractivity contribution is 0.582. The van der Waals surface area contributed by atoms with Crippen LogP contribution < -0.4 is 11.1 Å². The summed E-state index contributed by atoms with van der Waals surface area (Å²) in [5.74, 6) is -0.979. The second kappa shape index (κ2) is 4.80. The molecule has 102 valence electrons. The molecule has 0 saturated heterocycles. The lowest BCUT2D eigenvalue weighted by Crippen LogP contribution is -2.02. The molecule has 1 heterocycles. The SMILES string of the molecule is Nc1ccc2oc(NCc3cc(F)ccc3F)nc2c1. The first kappa shape index (κ1) is 12.4. The first-order valence-electron chi connectivity index (χ1n) is 5.96. The van der Waals surface area contributed by atoms with Gasteiger partial charge < -0.3 is 15.5 Å². The number of oxazole rings is 1. The zero-order valence-corrected chi connectivity index (χ0v) is 10.4. The molecular weight excluding hydrogens is 264 g/mol. The molecule has 0 saturated carbocycles. The quantitative estimate of drug-likeness (QED) is 0.720. The number of halogens is 2. The Balaban J connectivity index is 1.81. The molecule has 0 fully saturated rings. The van der Waals surface area contributed by atoms with Crippen LogP contribution in [0.1, 0.15) is 5.56 Å². The van der Waals surface area contributed by atoms with Crippen LogP contribution in [-0.4, -0.2) is 4.98 Å². The van der Waals surface area contributed by atoms with E-state index in [-0.39, 0.29) is 18.1 Å². The van der Waals surface area contributed by atoms with E-state index in [4.69, 9.17) is 10.2 Å². The fraction of sp³-hybridized carbons (Fsp3) is 0.0714. The maximum absolute atomic E-state index is 13.5. The average Bonchev–Trinajstić information content (AvgIpc) is 2.81. The summed E-state index contributed by atoms with van der Waals surface area (Å²) in [5, 5.41) is 2.81. The van der Waals surface area contributed by atoms with Gasteiger partial charge in [0.25, 0.3) is 6.01 Å². The summed E-state index contributed by atoms with van der Waals surface area (Å²) < 4.78 is 31.9. The number of aromatic nitrogens is 1. The van der Waals surface area contributed by atoms with Crippen molar-refractivity contribution in [2.24, 2.45) is 0 Å². The number of nitrogens with two attached hydrogens (primary N) is 1. The fourth-order valence-corrected chi connectivity index (χ4v) is 1.87. The standard InChI is InChI=1S/C14H11F2N3O/c15-9-1-3-11(16)8(5-9)7-18-14-19-12-6-10(17)2-4-13(12)20-14/h1-6H,7,17H2,(H,18,19). The minimum Gasteiger partial charge on any atom is -0.424 e. The highest BCUT2D eigenvalue weighted by Crippen LogP contribution is 2.21. The molecule has 0 atom stereocenters. The van der Waals surface area contributed by atoms with Gasteiger partial charge >= 0.3 is 0 Å². The van der Waals surface area contributed by atoms with Crippen LogP contribution in [0.5, 0.6) is 0 Å². The molecule has 2 aromatic carbocycles. The largest absolute Gasteiger partial charge is 0.424 e. The van der Waals surface area contributed by atoms with Crippen LogP contribution in [0.3, 0.4) is 0 Å². The normalized spacial score (nSPS) is 10.9. The number of fused-ring (bicyclic) bond motifs is 1. The topological polar surface area (TPSA) is 64.1 Å². The Labute approximate surface area is 113 Å². The molecule has 3 rings (SSSR count). The molecule has 0 aliphatic rings. The number of nitrogens with zero attached hydrogens (tertiary/aromatic N) is 1. The fourth-order valence-electron chi connectivity index (χ4n) is 1.87. The second-order valence-electron chi connectivity index (χ2n) is 4.34. The van der Waals surface area contributed by atoms with Crippen molar-refractivity contribution >= 4 is 22.8 Å². The predicted molar refractivity (Wildman–Crippen MR) is 72.1 cm³/mol. The molecule has 20 heavy (non-hydrogen) atoms. The van der Waals surface area contributed by atoms with E-state index in [2.05, 4.69) is 10.3 Å². The smallest absolute Gasteiger partial charge is 0.295 e. The van der Waals surface area contributed by atoms with Crippen LogP contribution in [0.25, 0.3) is 11.1 Å². The van der Waals surface area contributed by atoms with E-state index in [9.17, 15) is 8.78 Å². The van der Waals surface area contributed by atoms with E-state index in [0.717, 1.165) is 18.2 Å². The lowest BCUT2D eigenvalue weighted by Gasteiger charge is -2.03. The molecule has 1 aromatic heterocycles. The molecule has 0 unspecified atom stereocenters. The Kier molecular flexibility index (Phi) is 2.98. The van der Waals surface area contributed by atoms with Gasteiger partial charge in [0.1, 0.15) is 17.2 Å². The van der Waals surface area contributed by atoms with Crippen molar-refractivity contribution in [1.29, 1.82) is 0 Å². The summed E-state index contributed by atoms with van der Waals surface area (Å²) in [7, 11) is 0. The summed E-state index contributed by atoms with van der Waals surface area (Å²) in [6.07, 6.45) is 0. The number of nitrogen functional groups attached to an aromatic ring is 1. The number of rotatable bonds is 3. The van der Waals surface area contributed by atoms with E-state index in [0.29, 0.717) is 16.8 Å². The van der Waals surface area contributed by atoms with Crippen LogP contribution in [-0.2, 0) is 6.54 Å². The molecular formula is C14H11F2N3O. The third-order valence-corrected chi connectivity index (χ3v) is 2.85. The van der Waals surface area contributed by atoms with Crippen molar-refractivity contribution in [3.63, 3.8) is 0 Å². The second-order valence-corrected chi connectivity index (χ2v) is 4.34. The van der Waals surface area contributed by atoms with Gasteiger partial charge in [-0.1, -0.05) is 0 Å². The first-order valence-corrected chi connectivity index (χ1v) is 5.96. The van der Waals surface area contributed by atoms with Gasteiger partial charge in [-0.2, -0.15) is 4.98 Å². The Morgan fingerprint density at radius 3 is 2.85 bits per heavy atom. The zero-order chi connectivity index (χ0) is 14.1. The monoisotopic (exact) mass is 275 g/mol. The summed E-state index contributed by atoms with van der Waals surface area (Å²) in [6.45, 7) is 0.0753. The molecule has 0 bridgehead atoms.